The molecule has 2 rings (SSSR count). The lowest BCUT2D eigenvalue weighted by Crippen LogP contribution is -2.15. The molecule has 2 N–H and O–H groups in total. The van der Waals surface area contributed by atoms with Crippen LogP contribution in [0.1, 0.15) is 28.4 Å². The fourth-order valence-electron chi connectivity index (χ4n) is 2.10. The Morgan fingerprint density at radius 1 is 1.05 bits per heavy atom. The molecule has 0 aromatic heterocycles. The Hall–Kier alpha value is -2.00. The second-order valence-corrected chi connectivity index (χ2v) is 5.42. The summed E-state index contributed by atoms with van der Waals surface area (Å²) in [6.45, 7) is 6.68. The molecule has 0 aliphatic rings. The molecule has 0 aliphatic carbocycles. The first kappa shape index (κ1) is 15.4. The molecule has 4 heteroatoms. The zero-order chi connectivity index (χ0) is 15.4. The molecule has 110 valence electrons. The van der Waals surface area contributed by atoms with Gasteiger partial charge in [-0.2, -0.15) is 0 Å². The molecule has 0 heterocycles. The van der Waals surface area contributed by atoms with Gasteiger partial charge in [-0.15, -0.1) is 0 Å². The molecular formula is C17H19ClN2O. The van der Waals surface area contributed by atoms with Gasteiger partial charge in [0.15, 0.2) is 0 Å². The van der Waals surface area contributed by atoms with Gasteiger partial charge in [0.2, 0.25) is 0 Å². The van der Waals surface area contributed by atoms with E-state index in [1.807, 2.05) is 57.2 Å². The SMILES string of the molecule is CCNc1ccc(C)cc1C(=O)Nc1ccc(C)cc1Cl. The van der Waals surface area contributed by atoms with E-state index in [0.29, 0.717) is 16.3 Å². The van der Waals surface area contributed by atoms with Crippen LogP contribution in [-0.4, -0.2) is 12.5 Å². The van der Waals surface area contributed by atoms with Crippen LogP contribution in [0.5, 0.6) is 0 Å². The average molecular weight is 303 g/mol. The van der Waals surface area contributed by atoms with E-state index in [-0.39, 0.29) is 5.91 Å². The number of anilines is 2. The monoisotopic (exact) mass is 302 g/mol. The van der Waals surface area contributed by atoms with Crippen molar-refractivity contribution in [2.75, 3.05) is 17.2 Å². The van der Waals surface area contributed by atoms with Crippen molar-refractivity contribution in [1.29, 1.82) is 0 Å². The van der Waals surface area contributed by atoms with E-state index in [9.17, 15) is 4.79 Å². The van der Waals surface area contributed by atoms with Gasteiger partial charge in [0.1, 0.15) is 0 Å². The number of benzene rings is 2. The van der Waals surface area contributed by atoms with Crippen molar-refractivity contribution in [2.24, 2.45) is 0 Å². The summed E-state index contributed by atoms with van der Waals surface area (Å²) in [5.74, 6) is -0.166. The molecule has 0 spiro atoms. The molecule has 0 bridgehead atoms. The molecule has 2 aromatic rings. The van der Waals surface area contributed by atoms with Gasteiger partial charge in [-0.25, -0.2) is 0 Å². The van der Waals surface area contributed by atoms with Crippen molar-refractivity contribution in [3.8, 4) is 0 Å². The highest BCUT2D eigenvalue weighted by Crippen LogP contribution is 2.25. The van der Waals surface area contributed by atoms with Crippen molar-refractivity contribution in [3.05, 3.63) is 58.1 Å². The van der Waals surface area contributed by atoms with E-state index in [2.05, 4.69) is 10.6 Å². The van der Waals surface area contributed by atoms with Gasteiger partial charge >= 0.3 is 0 Å². The Labute approximate surface area is 130 Å². The number of carbonyl (C=O) groups excluding carboxylic acids is 1. The molecule has 2 aromatic carbocycles. The topological polar surface area (TPSA) is 41.1 Å². The maximum Gasteiger partial charge on any atom is 0.257 e. The molecule has 0 aliphatic heterocycles. The van der Waals surface area contributed by atoms with Gasteiger partial charge in [-0.05, 0) is 50.6 Å². The summed E-state index contributed by atoms with van der Waals surface area (Å²) in [6, 6.07) is 11.3. The van der Waals surface area contributed by atoms with Gasteiger partial charge < -0.3 is 10.6 Å². The van der Waals surface area contributed by atoms with E-state index < -0.39 is 0 Å². The highest BCUT2D eigenvalue weighted by molar-refractivity contribution is 6.34. The van der Waals surface area contributed by atoms with Crippen molar-refractivity contribution in [2.45, 2.75) is 20.8 Å². The van der Waals surface area contributed by atoms with Crippen LogP contribution in [0.2, 0.25) is 5.02 Å². The predicted molar refractivity (Wildman–Crippen MR) is 89.5 cm³/mol. The maximum atomic E-state index is 12.5. The number of hydrogen-bond donors (Lipinski definition) is 2. The molecule has 3 nitrogen and oxygen atoms in total. The molecule has 0 unspecified atom stereocenters. The summed E-state index contributed by atoms with van der Waals surface area (Å²) < 4.78 is 0. The molecule has 0 saturated heterocycles. The van der Waals surface area contributed by atoms with E-state index in [1.165, 1.54) is 0 Å². The maximum absolute atomic E-state index is 12.5. The lowest BCUT2D eigenvalue weighted by molar-refractivity contribution is 0.102. The number of aryl methyl sites for hydroxylation is 2. The van der Waals surface area contributed by atoms with Crippen molar-refractivity contribution in [1.82, 2.24) is 0 Å². The fourth-order valence-corrected chi connectivity index (χ4v) is 2.38. The van der Waals surface area contributed by atoms with Crippen molar-refractivity contribution >= 4 is 28.9 Å². The second kappa shape index (κ2) is 6.64. The Balaban J connectivity index is 2.29. The summed E-state index contributed by atoms with van der Waals surface area (Å²) in [6.07, 6.45) is 0. The van der Waals surface area contributed by atoms with Crippen molar-refractivity contribution < 1.29 is 4.79 Å². The molecule has 0 fully saturated rings. The van der Waals surface area contributed by atoms with E-state index >= 15 is 0 Å². The van der Waals surface area contributed by atoms with E-state index in [0.717, 1.165) is 23.4 Å². The van der Waals surface area contributed by atoms with Gasteiger partial charge in [-0.3, -0.25) is 4.79 Å². The van der Waals surface area contributed by atoms with Crippen molar-refractivity contribution in [3.63, 3.8) is 0 Å². The van der Waals surface area contributed by atoms with Crippen LogP contribution in [0.4, 0.5) is 11.4 Å². The first-order valence-corrected chi connectivity index (χ1v) is 7.31. The fraction of sp³-hybridized carbons (Fsp3) is 0.235. The van der Waals surface area contributed by atoms with Crippen LogP contribution in [0, 0.1) is 13.8 Å². The smallest absolute Gasteiger partial charge is 0.257 e. The largest absolute Gasteiger partial charge is 0.385 e. The van der Waals surface area contributed by atoms with Crippen LogP contribution in [-0.2, 0) is 0 Å². The summed E-state index contributed by atoms with van der Waals surface area (Å²) in [5, 5.41) is 6.61. The van der Waals surface area contributed by atoms with Crippen LogP contribution in [0.25, 0.3) is 0 Å². The Morgan fingerprint density at radius 2 is 1.67 bits per heavy atom. The van der Waals surface area contributed by atoms with Crippen LogP contribution in [0.15, 0.2) is 36.4 Å². The minimum atomic E-state index is -0.166. The second-order valence-electron chi connectivity index (χ2n) is 5.02. The highest BCUT2D eigenvalue weighted by atomic mass is 35.5. The number of carbonyl (C=O) groups is 1. The molecule has 21 heavy (non-hydrogen) atoms. The first-order chi connectivity index (χ1) is 10.0. The minimum absolute atomic E-state index is 0.166. The average Bonchev–Trinajstić information content (AvgIpc) is 2.44. The Morgan fingerprint density at radius 3 is 2.29 bits per heavy atom. The molecular weight excluding hydrogens is 284 g/mol. The summed E-state index contributed by atoms with van der Waals surface area (Å²) in [5.41, 5.74) is 4.16. The molecule has 0 atom stereocenters. The zero-order valence-corrected chi connectivity index (χ0v) is 13.2. The number of rotatable bonds is 4. The van der Waals surface area contributed by atoms with Gasteiger partial charge in [0.05, 0.1) is 16.3 Å². The van der Waals surface area contributed by atoms with Crippen LogP contribution < -0.4 is 10.6 Å². The summed E-state index contributed by atoms with van der Waals surface area (Å²) in [7, 11) is 0. The predicted octanol–water partition coefficient (Wildman–Crippen LogP) is 4.64. The normalized spacial score (nSPS) is 10.3. The number of hydrogen-bond acceptors (Lipinski definition) is 2. The minimum Gasteiger partial charge on any atom is -0.385 e. The van der Waals surface area contributed by atoms with Gasteiger partial charge in [0, 0.05) is 12.2 Å². The van der Waals surface area contributed by atoms with E-state index in [4.69, 9.17) is 11.6 Å². The molecule has 0 radical (unpaired) electrons. The summed E-state index contributed by atoms with van der Waals surface area (Å²) in [4.78, 5) is 12.5. The molecule has 1 amide bonds. The third kappa shape index (κ3) is 3.76. The van der Waals surface area contributed by atoms with Gasteiger partial charge in [0.25, 0.3) is 5.91 Å². The lowest BCUT2D eigenvalue weighted by Gasteiger charge is -2.13. The third-order valence-electron chi connectivity index (χ3n) is 3.16. The lowest BCUT2D eigenvalue weighted by atomic mass is 10.1. The number of halogens is 1. The van der Waals surface area contributed by atoms with Gasteiger partial charge in [-0.1, -0.05) is 29.3 Å². The number of nitrogens with one attached hydrogen (secondary N) is 2. The standard InChI is InChI=1S/C17H19ClN2O/c1-4-19-15-7-5-11(2)9-13(15)17(21)20-16-8-6-12(3)10-14(16)18/h5-10,19H,4H2,1-3H3,(H,20,21). The zero-order valence-electron chi connectivity index (χ0n) is 12.5. The van der Waals surface area contributed by atoms with E-state index in [1.54, 1.807) is 0 Å². The molecule has 0 saturated carbocycles. The van der Waals surface area contributed by atoms with Crippen LogP contribution in [0.3, 0.4) is 0 Å². The third-order valence-corrected chi connectivity index (χ3v) is 3.47. The Bertz CT molecular complexity index is 668. The number of amides is 1. The quantitative estimate of drug-likeness (QED) is 0.863. The summed E-state index contributed by atoms with van der Waals surface area (Å²) >= 11 is 6.16. The highest BCUT2D eigenvalue weighted by Gasteiger charge is 2.13. The van der Waals surface area contributed by atoms with Crippen LogP contribution >= 0.6 is 11.6 Å². The first-order valence-electron chi connectivity index (χ1n) is 6.93. The Kier molecular flexibility index (Phi) is 4.86.